The number of halogens is 1. The lowest BCUT2D eigenvalue weighted by molar-refractivity contribution is -0.129. The molecule has 1 aromatic rings. The van der Waals surface area contributed by atoms with Crippen LogP contribution in [-0.2, 0) is 11.2 Å². The van der Waals surface area contributed by atoms with Crippen molar-refractivity contribution in [3.63, 3.8) is 0 Å². The average Bonchev–Trinajstić information content (AvgIpc) is 3.38. The highest BCUT2D eigenvalue weighted by Crippen LogP contribution is 2.34. The van der Waals surface area contributed by atoms with Crippen LogP contribution < -0.4 is 11.1 Å². The fourth-order valence-electron chi connectivity index (χ4n) is 3.66. The van der Waals surface area contributed by atoms with E-state index in [1.165, 1.54) is 12.0 Å². The van der Waals surface area contributed by atoms with Crippen LogP contribution in [0.25, 0.3) is 0 Å². The number of amides is 1. The predicted octanol–water partition coefficient (Wildman–Crippen LogP) is 1.69. The second kappa shape index (κ2) is 9.23. The second-order valence-electron chi connectivity index (χ2n) is 7.88. The van der Waals surface area contributed by atoms with Crippen molar-refractivity contribution in [1.29, 1.82) is 0 Å². The molecule has 1 aromatic carbocycles. The van der Waals surface area contributed by atoms with E-state index in [0.29, 0.717) is 12.0 Å². The Morgan fingerprint density at radius 3 is 2.41 bits per heavy atom. The topological polar surface area (TPSA) is 74.0 Å². The molecular weight excluding hydrogens is 453 g/mol. The molecule has 1 aliphatic carbocycles. The Morgan fingerprint density at radius 1 is 1.22 bits per heavy atom. The van der Waals surface area contributed by atoms with Crippen molar-refractivity contribution in [3.8, 4) is 0 Å². The first-order chi connectivity index (χ1) is 12.4. The van der Waals surface area contributed by atoms with Gasteiger partial charge in [0.05, 0.1) is 5.54 Å². The number of hydrogen-bond acceptors (Lipinski definition) is 3. The van der Waals surface area contributed by atoms with E-state index in [1.54, 1.807) is 0 Å². The van der Waals surface area contributed by atoms with Crippen molar-refractivity contribution < 1.29 is 4.79 Å². The normalized spacial score (nSPS) is 23.5. The molecule has 150 valence electrons. The summed E-state index contributed by atoms with van der Waals surface area (Å²) in [4.78, 5) is 20.6. The van der Waals surface area contributed by atoms with Gasteiger partial charge in [0.2, 0.25) is 5.91 Å². The van der Waals surface area contributed by atoms with Crippen molar-refractivity contribution in [2.75, 3.05) is 33.2 Å². The van der Waals surface area contributed by atoms with Crippen LogP contribution >= 0.6 is 24.0 Å². The first kappa shape index (κ1) is 21.9. The van der Waals surface area contributed by atoms with Gasteiger partial charge in [-0.15, -0.1) is 24.0 Å². The Balaban J connectivity index is 0.00000261. The van der Waals surface area contributed by atoms with Crippen LogP contribution in [0.4, 0.5) is 0 Å². The maximum absolute atomic E-state index is 11.7. The van der Waals surface area contributed by atoms with Gasteiger partial charge in [-0.2, -0.15) is 0 Å². The van der Waals surface area contributed by atoms with E-state index in [4.69, 9.17) is 5.73 Å². The lowest BCUT2D eigenvalue weighted by atomic mass is 10.0. The summed E-state index contributed by atoms with van der Waals surface area (Å²) in [6.45, 7) is 7.13. The Hall–Kier alpha value is -1.35. The van der Waals surface area contributed by atoms with E-state index in [2.05, 4.69) is 50.4 Å². The minimum absolute atomic E-state index is 0. The van der Waals surface area contributed by atoms with Gasteiger partial charge in [-0.25, -0.2) is 0 Å². The molecule has 1 aliphatic heterocycles. The van der Waals surface area contributed by atoms with Crippen LogP contribution in [0.3, 0.4) is 0 Å². The molecule has 0 bridgehead atoms. The van der Waals surface area contributed by atoms with Crippen molar-refractivity contribution in [2.45, 2.75) is 38.3 Å². The number of rotatable bonds is 5. The summed E-state index contributed by atoms with van der Waals surface area (Å²) < 4.78 is 0. The van der Waals surface area contributed by atoms with Crippen LogP contribution in [0.15, 0.2) is 35.3 Å². The van der Waals surface area contributed by atoms with Gasteiger partial charge in [0.15, 0.2) is 5.96 Å². The Bertz CT molecular complexity index is 656. The molecule has 2 atom stereocenters. The molecule has 7 heteroatoms. The molecule has 2 fully saturated rings. The summed E-state index contributed by atoms with van der Waals surface area (Å²) in [5.74, 6) is 1.39. The molecular formula is C20H32IN5O. The standard InChI is InChI=1S/C20H31N5O.HI/c1-20(2,18(21)26)25-11-9-24(10-12-25)19(22-3)23-17-14-16(17)13-15-7-5-4-6-8-15;/h4-8,16-17H,9-14H2,1-3H3,(H2,21,26)(H,22,23);1H. The minimum Gasteiger partial charge on any atom is -0.368 e. The highest BCUT2D eigenvalue weighted by molar-refractivity contribution is 14.0. The first-order valence-corrected chi connectivity index (χ1v) is 9.49. The third-order valence-corrected chi connectivity index (χ3v) is 5.76. The summed E-state index contributed by atoms with van der Waals surface area (Å²) in [6, 6.07) is 11.2. The molecule has 2 unspecified atom stereocenters. The number of benzene rings is 1. The fourth-order valence-corrected chi connectivity index (χ4v) is 3.66. The predicted molar refractivity (Wildman–Crippen MR) is 120 cm³/mol. The number of carbonyl (C=O) groups excluding carboxylic acids is 1. The van der Waals surface area contributed by atoms with Crippen LogP contribution in [0.2, 0.25) is 0 Å². The van der Waals surface area contributed by atoms with Gasteiger partial charge < -0.3 is 16.0 Å². The molecule has 1 heterocycles. The molecule has 2 aliphatic rings. The van der Waals surface area contributed by atoms with Gasteiger partial charge in [-0.1, -0.05) is 30.3 Å². The maximum atomic E-state index is 11.7. The van der Waals surface area contributed by atoms with Gasteiger partial charge in [0, 0.05) is 39.3 Å². The third-order valence-electron chi connectivity index (χ3n) is 5.76. The molecule has 0 spiro atoms. The molecule has 0 aromatic heterocycles. The molecule has 27 heavy (non-hydrogen) atoms. The van der Waals surface area contributed by atoms with Gasteiger partial charge in [0.25, 0.3) is 0 Å². The first-order valence-electron chi connectivity index (χ1n) is 9.49. The zero-order valence-corrected chi connectivity index (χ0v) is 18.8. The highest BCUT2D eigenvalue weighted by atomic mass is 127. The largest absolute Gasteiger partial charge is 0.368 e. The molecule has 1 amide bonds. The molecule has 1 saturated carbocycles. The van der Waals surface area contributed by atoms with Crippen molar-refractivity contribution in [3.05, 3.63) is 35.9 Å². The number of nitrogens with one attached hydrogen (secondary N) is 1. The van der Waals surface area contributed by atoms with Gasteiger partial charge in [-0.3, -0.25) is 14.7 Å². The van der Waals surface area contributed by atoms with Gasteiger partial charge in [-0.05, 0) is 38.2 Å². The SMILES string of the molecule is CN=C(NC1CC1Cc1ccccc1)N1CCN(C(C)(C)C(N)=O)CC1.I. The van der Waals surface area contributed by atoms with Crippen LogP contribution in [0, 0.1) is 5.92 Å². The van der Waals surface area contributed by atoms with E-state index in [1.807, 2.05) is 20.9 Å². The number of carbonyl (C=O) groups is 1. The minimum atomic E-state index is -0.597. The molecule has 1 saturated heterocycles. The highest BCUT2D eigenvalue weighted by Gasteiger charge is 2.39. The van der Waals surface area contributed by atoms with E-state index >= 15 is 0 Å². The number of aliphatic imine (C=N–C) groups is 1. The monoisotopic (exact) mass is 485 g/mol. The van der Waals surface area contributed by atoms with Gasteiger partial charge in [0.1, 0.15) is 0 Å². The fraction of sp³-hybridized carbons (Fsp3) is 0.600. The van der Waals surface area contributed by atoms with E-state index < -0.39 is 5.54 Å². The van der Waals surface area contributed by atoms with Crippen LogP contribution in [0.5, 0.6) is 0 Å². The Morgan fingerprint density at radius 2 is 1.85 bits per heavy atom. The summed E-state index contributed by atoms with van der Waals surface area (Å²) in [5, 5.41) is 3.62. The number of nitrogens with two attached hydrogens (primary N) is 1. The van der Waals surface area contributed by atoms with E-state index in [9.17, 15) is 4.79 Å². The number of nitrogens with zero attached hydrogens (tertiary/aromatic N) is 3. The van der Waals surface area contributed by atoms with Crippen molar-refractivity contribution in [1.82, 2.24) is 15.1 Å². The van der Waals surface area contributed by atoms with Gasteiger partial charge >= 0.3 is 0 Å². The van der Waals surface area contributed by atoms with E-state index in [-0.39, 0.29) is 29.9 Å². The summed E-state index contributed by atoms with van der Waals surface area (Å²) in [7, 11) is 1.84. The number of primary amides is 1. The quantitative estimate of drug-likeness (QED) is 0.378. The van der Waals surface area contributed by atoms with Crippen LogP contribution in [0.1, 0.15) is 25.8 Å². The van der Waals surface area contributed by atoms with Crippen LogP contribution in [-0.4, -0.2) is 66.5 Å². The number of guanidine groups is 1. The summed E-state index contributed by atoms with van der Waals surface area (Å²) in [5.41, 5.74) is 6.35. The maximum Gasteiger partial charge on any atom is 0.237 e. The zero-order chi connectivity index (χ0) is 18.7. The number of piperazine rings is 1. The molecule has 6 nitrogen and oxygen atoms in total. The third kappa shape index (κ3) is 5.34. The number of hydrogen-bond donors (Lipinski definition) is 2. The Labute approximate surface area is 179 Å². The second-order valence-corrected chi connectivity index (χ2v) is 7.88. The average molecular weight is 485 g/mol. The lowest BCUT2D eigenvalue weighted by Gasteiger charge is -2.43. The molecule has 0 radical (unpaired) electrons. The molecule has 3 rings (SSSR count). The summed E-state index contributed by atoms with van der Waals surface area (Å²) in [6.07, 6.45) is 2.32. The van der Waals surface area contributed by atoms with Crippen molar-refractivity contribution >= 4 is 35.8 Å². The lowest BCUT2D eigenvalue weighted by Crippen LogP contribution is -2.61. The Kier molecular flexibility index (Phi) is 7.50. The zero-order valence-electron chi connectivity index (χ0n) is 16.5. The molecule has 3 N–H and O–H groups in total. The van der Waals surface area contributed by atoms with Crippen molar-refractivity contribution in [2.24, 2.45) is 16.6 Å². The van der Waals surface area contributed by atoms with E-state index in [0.717, 1.165) is 38.6 Å². The smallest absolute Gasteiger partial charge is 0.237 e. The summed E-state index contributed by atoms with van der Waals surface area (Å²) >= 11 is 0.